The number of rotatable bonds is 3. The van der Waals surface area contributed by atoms with Crippen LogP contribution in [0.25, 0.3) is 10.8 Å². The van der Waals surface area contributed by atoms with E-state index in [1.165, 1.54) is 10.8 Å². The van der Waals surface area contributed by atoms with Crippen LogP contribution in [0, 0.1) is 11.3 Å². The molecule has 2 rings (SSSR count). The summed E-state index contributed by atoms with van der Waals surface area (Å²) in [5.41, 5.74) is 1.08. The number of anilines is 1. The lowest BCUT2D eigenvalue weighted by Gasteiger charge is -2.09. The molecule has 16 heavy (non-hydrogen) atoms. The molecule has 0 radical (unpaired) electrons. The lowest BCUT2D eigenvalue weighted by atomic mass is 10.1. The third-order valence-electron chi connectivity index (χ3n) is 2.42. The number of nitriles is 1. The van der Waals surface area contributed by atoms with Gasteiger partial charge in [0.15, 0.2) is 0 Å². The van der Waals surface area contributed by atoms with Crippen LogP contribution in [0.2, 0.25) is 0 Å². The average Bonchev–Trinajstić information content (AvgIpc) is 2.33. The molecule has 0 saturated heterocycles. The monoisotopic (exact) mass is 274 g/mol. The molecule has 0 fully saturated rings. The van der Waals surface area contributed by atoms with Crippen LogP contribution in [0.3, 0.4) is 0 Å². The van der Waals surface area contributed by atoms with E-state index in [-0.39, 0.29) is 0 Å². The Bertz CT molecular complexity index is 543. The van der Waals surface area contributed by atoms with Gasteiger partial charge in [0.25, 0.3) is 0 Å². The molecule has 0 aliphatic rings. The molecular formula is C13H11BrN2. The van der Waals surface area contributed by atoms with Crippen LogP contribution in [-0.2, 0) is 0 Å². The van der Waals surface area contributed by atoms with Gasteiger partial charge in [-0.15, -0.1) is 0 Å². The Kier molecular flexibility index (Phi) is 3.43. The highest BCUT2D eigenvalue weighted by atomic mass is 79.9. The minimum absolute atomic E-state index is 0.518. The highest BCUT2D eigenvalue weighted by molar-refractivity contribution is 9.10. The molecule has 0 bridgehead atoms. The van der Waals surface area contributed by atoms with Gasteiger partial charge in [0.2, 0.25) is 0 Å². The van der Waals surface area contributed by atoms with Crippen LogP contribution >= 0.6 is 15.9 Å². The molecule has 3 heteroatoms. The van der Waals surface area contributed by atoms with Gasteiger partial charge in [0.1, 0.15) is 0 Å². The van der Waals surface area contributed by atoms with Crippen molar-refractivity contribution < 1.29 is 0 Å². The predicted molar refractivity (Wildman–Crippen MR) is 70.4 cm³/mol. The molecule has 0 spiro atoms. The molecule has 0 heterocycles. The van der Waals surface area contributed by atoms with Crippen LogP contribution in [0.4, 0.5) is 5.69 Å². The van der Waals surface area contributed by atoms with Gasteiger partial charge in [-0.1, -0.05) is 40.2 Å². The van der Waals surface area contributed by atoms with E-state index in [4.69, 9.17) is 5.26 Å². The summed E-state index contributed by atoms with van der Waals surface area (Å²) in [6.07, 6.45) is 0.518. The van der Waals surface area contributed by atoms with E-state index < -0.39 is 0 Å². The minimum atomic E-state index is 0.518. The van der Waals surface area contributed by atoms with Gasteiger partial charge in [-0.25, -0.2) is 0 Å². The maximum absolute atomic E-state index is 8.50. The number of fused-ring (bicyclic) bond motifs is 1. The summed E-state index contributed by atoms with van der Waals surface area (Å²) in [7, 11) is 0. The normalized spacial score (nSPS) is 10.0. The lowest BCUT2D eigenvalue weighted by molar-refractivity contribution is 1.08. The van der Waals surface area contributed by atoms with Crippen LogP contribution in [-0.4, -0.2) is 6.54 Å². The fraction of sp³-hybridized carbons (Fsp3) is 0.154. The van der Waals surface area contributed by atoms with Crippen molar-refractivity contribution in [3.8, 4) is 6.07 Å². The van der Waals surface area contributed by atoms with Crippen LogP contribution < -0.4 is 5.32 Å². The van der Waals surface area contributed by atoms with Crippen LogP contribution in [0.5, 0.6) is 0 Å². The maximum Gasteiger partial charge on any atom is 0.0640 e. The summed E-state index contributed by atoms with van der Waals surface area (Å²) in [5, 5.41) is 14.1. The Morgan fingerprint density at radius 1 is 1.12 bits per heavy atom. The zero-order chi connectivity index (χ0) is 11.4. The second kappa shape index (κ2) is 5.00. The predicted octanol–water partition coefficient (Wildman–Crippen LogP) is 3.93. The summed E-state index contributed by atoms with van der Waals surface area (Å²) in [4.78, 5) is 0. The van der Waals surface area contributed by atoms with Crippen molar-refractivity contribution in [3.63, 3.8) is 0 Å². The smallest absolute Gasteiger partial charge is 0.0640 e. The van der Waals surface area contributed by atoms with E-state index in [0.717, 1.165) is 10.2 Å². The van der Waals surface area contributed by atoms with E-state index in [9.17, 15) is 0 Å². The fourth-order valence-electron chi connectivity index (χ4n) is 1.67. The maximum atomic E-state index is 8.50. The SMILES string of the molecule is N#CCCNc1ccc(Br)c2ccccc12. The number of nitrogens with one attached hydrogen (secondary N) is 1. The van der Waals surface area contributed by atoms with E-state index in [0.29, 0.717) is 13.0 Å². The van der Waals surface area contributed by atoms with Gasteiger partial charge < -0.3 is 5.32 Å². The van der Waals surface area contributed by atoms with Crippen molar-refractivity contribution in [1.29, 1.82) is 5.26 Å². The van der Waals surface area contributed by atoms with Crippen molar-refractivity contribution in [2.75, 3.05) is 11.9 Å². The van der Waals surface area contributed by atoms with E-state index in [1.54, 1.807) is 0 Å². The minimum Gasteiger partial charge on any atom is -0.384 e. The number of halogens is 1. The first-order valence-electron chi connectivity index (χ1n) is 5.11. The standard InChI is InChI=1S/C13H11BrN2/c14-12-6-7-13(16-9-3-8-15)11-5-2-1-4-10(11)12/h1-2,4-7,16H,3,9H2. The Labute approximate surface area is 103 Å². The Balaban J connectivity index is 2.39. The molecule has 1 N–H and O–H groups in total. The molecular weight excluding hydrogens is 264 g/mol. The first-order valence-corrected chi connectivity index (χ1v) is 5.90. The molecule has 0 aliphatic heterocycles. The molecule has 0 aromatic heterocycles. The third kappa shape index (κ3) is 2.17. The van der Waals surface area contributed by atoms with Gasteiger partial charge in [-0.05, 0) is 17.5 Å². The Morgan fingerprint density at radius 3 is 2.62 bits per heavy atom. The largest absolute Gasteiger partial charge is 0.384 e. The first kappa shape index (κ1) is 11.0. The number of hydrogen-bond acceptors (Lipinski definition) is 2. The van der Waals surface area contributed by atoms with E-state index in [1.807, 2.05) is 24.3 Å². The second-order valence-corrected chi connectivity index (χ2v) is 4.33. The summed E-state index contributed by atoms with van der Waals surface area (Å²) < 4.78 is 1.09. The van der Waals surface area contributed by atoms with E-state index >= 15 is 0 Å². The van der Waals surface area contributed by atoms with Gasteiger partial charge in [-0.2, -0.15) is 5.26 Å². The molecule has 2 aromatic carbocycles. The number of nitrogens with zero attached hydrogens (tertiary/aromatic N) is 1. The average molecular weight is 275 g/mol. The van der Waals surface area contributed by atoms with Crippen LogP contribution in [0.1, 0.15) is 6.42 Å². The Hall–Kier alpha value is -1.53. The zero-order valence-corrected chi connectivity index (χ0v) is 10.3. The third-order valence-corrected chi connectivity index (χ3v) is 3.11. The van der Waals surface area contributed by atoms with E-state index in [2.05, 4.69) is 39.4 Å². The molecule has 80 valence electrons. The molecule has 0 atom stereocenters. The van der Waals surface area contributed by atoms with Crippen molar-refractivity contribution in [2.24, 2.45) is 0 Å². The lowest BCUT2D eigenvalue weighted by Crippen LogP contribution is -2.00. The zero-order valence-electron chi connectivity index (χ0n) is 8.70. The highest BCUT2D eigenvalue weighted by Gasteiger charge is 2.02. The molecule has 0 unspecified atom stereocenters. The van der Waals surface area contributed by atoms with Crippen LogP contribution in [0.15, 0.2) is 40.9 Å². The van der Waals surface area contributed by atoms with Crippen molar-refractivity contribution >= 4 is 32.4 Å². The molecule has 0 amide bonds. The Morgan fingerprint density at radius 2 is 1.88 bits per heavy atom. The van der Waals surface area contributed by atoms with Gasteiger partial charge in [0.05, 0.1) is 12.5 Å². The summed E-state index contributed by atoms with van der Waals surface area (Å²) in [5.74, 6) is 0. The summed E-state index contributed by atoms with van der Waals surface area (Å²) >= 11 is 3.53. The first-order chi connectivity index (χ1) is 7.83. The molecule has 2 aromatic rings. The number of benzene rings is 2. The summed E-state index contributed by atoms with van der Waals surface area (Å²) in [6.45, 7) is 0.683. The molecule has 2 nitrogen and oxygen atoms in total. The molecule has 0 aliphatic carbocycles. The van der Waals surface area contributed by atoms with Gasteiger partial charge in [-0.3, -0.25) is 0 Å². The second-order valence-electron chi connectivity index (χ2n) is 3.48. The van der Waals surface area contributed by atoms with Gasteiger partial charge >= 0.3 is 0 Å². The quantitative estimate of drug-likeness (QED) is 0.861. The summed E-state index contributed by atoms with van der Waals surface area (Å²) in [6, 6.07) is 14.4. The van der Waals surface area contributed by atoms with Crippen molar-refractivity contribution in [2.45, 2.75) is 6.42 Å². The van der Waals surface area contributed by atoms with Crippen molar-refractivity contribution in [1.82, 2.24) is 0 Å². The molecule has 0 saturated carbocycles. The highest BCUT2D eigenvalue weighted by Crippen LogP contribution is 2.29. The number of hydrogen-bond donors (Lipinski definition) is 1. The van der Waals surface area contributed by atoms with Crippen molar-refractivity contribution in [3.05, 3.63) is 40.9 Å². The topological polar surface area (TPSA) is 35.8 Å². The van der Waals surface area contributed by atoms with Gasteiger partial charge in [0, 0.05) is 22.1 Å². The fourth-order valence-corrected chi connectivity index (χ4v) is 2.15.